The first-order valence-corrected chi connectivity index (χ1v) is 16.3. The minimum atomic E-state index is -4.43. The van der Waals surface area contributed by atoms with Crippen LogP contribution in [0.15, 0.2) is 146 Å². The molecule has 6 aromatic rings. The second-order valence-electron chi connectivity index (χ2n) is 12.2. The first-order valence-electron chi connectivity index (χ1n) is 16.3. The zero-order valence-corrected chi connectivity index (χ0v) is 28.2. The standard InChI is InChI=1S/C42H34F6N2O2/c1-29-5-3-7-37(25-29)49(35-17-21-39(22-18-35)51-27-41(43,44)45)33-13-9-31(10-14-33)32-11-15-34(16-12-32)50(38-8-4-6-30(2)26-38)36-19-23-40(24-20-36)52-28-42(46,47)48/h3-26H,27-28H2,1-2H3. The van der Waals surface area contributed by atoms with E-state index in [9.17, 15) is 26.3 Å². The van der Waals surface area contributed by atoms with E-state index in [4.69, 9.17) is 9.47 Å². The molecule has 0 unspecified atom stereocenters. The summed E-state index contributed by atoms with van der Waals surface area (Å²) in [6, 6.07) is 44.9. The third kappa shape index (κ3) is 9.25. The molecule has 6 aromatic carbocycles. The van der Waals surface area contributed by atoms with E-state index in [1.807, 2.05) is 121 Å². The Morgan fingerprint density at radius 2 is 0.712 bits per heavy atom. The highest BCUT2D eigenvalue weighted by atomic mass is 19.4. The molecule has 0 aliphatic carbocycles. The molecule has 0 N–H and O–H groups in total. The van der Waals surface area contributed by atoms with Crippen LogP contribution in [0.2, 0.25) is 0 Å². The van der Waals surface area contributed by atoms with Gasteiger partial charge in [0.15, 0.2) is 13.2 Å². The minimum absolute atomic E-state index is 0.122. The number of aryl methyl sites for hydroxylation is 2. The van der Waals surface area contributed by atoms with Crippen LogP contribution >= 0.6 is 0 Å². The Hall–Kier alpha value is -5.90. The van der Waals surface area contributed by atoms with Crippen molar-refractivity contribution in [3.05, 3.63) is 157 Å². The molecule has 0 aliphatic rings. The first kappa shape index (κ1) is 35.9. The van der Waals surface area contributed by atoms with Crippen molar-refractivity contribution in [3.63, 3.8) is 0 Å². The second-order valence-corrected chi connectivity index (χ2v) is 12.2. The highest BCUT2D eigenvalue weighted by molar-refractivity contribution is 5.81. The van der Waals surface area contributed by atoms with Crippen LogP contribution in [-0.2, 0) is 0 Å². The number of nitrogens with zero attached hydrogens (tertiary/aromatic N) is 2. The number of ether oxygens (including phenoxy) is 2. The van der Waals surface area contributed by atoms with Gasteiger partial charge < -0.3 is 19.3 Å². The Balaban J connectivity index is 1.27. The van der Waals surface area contributed by atoms with Crippen molar-refractivity contribution in [1.82, 2.24) is 0 Å². The lowest BCUT2D eigenvalue weighted by atomic mass is 10.0. The van der Waals surface area contributed by atoms with Crippen LogP contribution in [0, 0.1) is 13.8 Å². The van der Waals surface area contributed by atoms with Gasteiger partial charge in [-0.2, -0.15) is 26.3 Å². The zero-order chi connectivity index (χ0) is 36.9. The largest absolute Gasteiger partial charge is 0.484 e. The Morgan fingerprint density at radius 3 is 1.00 bits per heavy atom. The van der Waals surface area contributed by atoms with Gasteiger partial charge in [-0.15, -0.1) is 0 Å². The SMILES string of the molecule is Cc1cccc(N(c2ccc(OCC(F)(F)F)cc2)c2ccc(-c3ccc(N(c4ccc(OCC(F)(F)F)cc4)c4cccc(C)c4)cc3)cc2)c1. The second kappa shape index (κ2) is 15.1. The van der Waals surface area contributed by atoms with Crippen LogP contribution in [0.25, 0.3) is 11.1 Å². The van der Waals surface area contributed by atoms with E-state index < -0.39 is 25.6 Å². The van der Waals surface area contributed by atoms with Gasteiger partial charge in [-0.1, -0.05) is 48.5 Å². The number of alkyl halides is 6. The van der Waals surface area contributed by atoms with Crippen LogP contribution in [0.1, 0.15) is 11.1 Å². The molecule has 0 heterocycles. The number of anilines is 6. The molecule has 0 fully saturated rings. The summed E-state index contributed by atoms with van der Waals surface area (Å²) in [4.78, 5) is 4.04. The number of benzene rings is 6. The van der Waals surface area contributed by atoms with Crippen molar-refractivity contribution in [2.75, 3.05) is 23.0 Å². The molecule has 0 radical (unpaired) electrons. The quantitative estimate of drug-likeness (QED) is 0.125. The van der Waals surface area contributed by atoms with Gasteiger partial charge in [0.2, 0.25) is 0 Å². The molecule has 0 atom stereocenters. The molecule has 266 valence electrons. The predicted octanol–water partition coefficient (Wildman–Crippen LogP) is 12.8. The van der Waals surface area contributed by atoms with Crippen molar-refractivity contribution in [3.8, 4) is 22.6 Å². The lowest BCUT2D eigenvalue weighted by Gasteiger charge is -2.27. The fraction of sp³-hybridized carbons (Fsp3) is 0.143. The van der Waals surface area contributed by atoms with Gasteiger partial charge in [0.1, 0.15) is 11.5 Å². The summed E-state index contributed by atoms with van der Waals surface area (Å²) in [5, 5.41) is 0. The monoisotopic (exact) mass is 712 g/mol. The molecule has 0 aromatic heterocycles. The Morgan fingerprint density at radius 1 is 0.404 bits per heavy atom. The van der Waals surface area contributed by atoms with Crippen molar-refractivity contribution >= 4 is 34.1 Å². The molecule has 52 heavy (non-hydrogen) atoms. The van der Waals surface area contributed by atoms with Gasteiger partial charge >= 0.3 is 12.4 Å². The van der Waals surface area contributed by atoms with Gasteiger partial charge in [-0.25, -0.2) is 0 Å². The third-order valence-corrected chi connectivity index (χ3v) is 8.10. The number of rotatable bonds is 11. The van der Waals surface area contributed by atoms with Gasteiger partial charge in [0.25, 0.3) is 0 Å². The Kier molecular flexibility index (Phi) is 10.5. The summed E-state index contributed by atoms with van der Waals surface area (Å²) in [5.74, 6) is 0.244. The molecule has 10 heteroatoms. The van der Waals surface area contributed by atoms with Crippen molar-refractivity contribution in [1.29, 1.82) is 0 Å². The summed E-state index contributed by atoms with van der Waals surface area (Å²) >= 11 is 0. The van der Waals surface area contributed by atoms with Crippen molar-refractivity contribution in [2.45, 2.75) is 26.2 Å². The van der Waals surface area contributed by atoms with E-state index in [0.29, 0.717) is 0 Å². The highest BCUT2D eigenvalue weighted by Gasteiger charge is 2.29. The van der Waals surface area contributed by atoms with Crippen LogP contribution in [0.5, 0.6) is 11.5 Å². The maximum Gasteiger partial charge on any atom is 0.422 e. The first-order chi connectivity index (χ1) is 24.8. The summed E-state index contributed by atoms with van der Waals surface area (Å²) in [6.45, 7) is 1.25. The predicted molar refractivity (Wildman–Crippen MR) is 194 cm³/mol. The zero-order valence-electron chi connectivity index (χ0n) is 28.2. The van der Waals surface area contributed by atoms with E-state index in [0.717, 1.165) is 56.4 Å². The van der Waals surface area contributed by atoms with E-state index in [1.54, 1.807) is 24.3 Å². The number of halogens is 6. The Labute approximate surface area is 298 Å². The molecule has 0 saturated carbocycles. The highest BCUT2D eigenvalue weighted by Crippen LogP contribution is 2.39. The smallest absolute Gasteiger partial charge is 0.422 e. The van der Waals surface area contributed by atoms with Crippen molar-refractivity contribution in [2.24, 2.45) is 0 Å². The topological polar surface area (TPSA) is 24.9 Å². The fourth-order valence-corrected chi connectivity index (χ4v) is 5.75. The fourth-order valence-electron chi connectivity index (χ4n) is 5.75. The molecule has 6 rings (SSSR count). The van der Waals surface area contributed by atoms with Crippen LogP contribution in [0.4, 0.5) is 60.5 Å². The third-order valence-electron chi connectivity index (χ3n) is 8.10. The molecular formula is C42H34F6N2O2. The van der Waals surface area contributed by atoms with E-state index in [2.05, 4.69) is 0 Å². The maximum atomic E-state index is 12.7. The van der Waals surface area contributed by atoms with E-state index >= 15 is 0 Å². The summed E-state index contributed by atoms with van der Waals surface area (Å²) < 4.78 is 86.0. The molecule has 0 bridgehead atoms. The molecular weight excluding hydrogens is 678 g/mol. The average Bonchev–Trinajstić information content (AvgIpc) is 3.11. The lowest BCUT2D eigenvalue weighted by Crippen LogP contribution is -2.19. The van der Waals surface area contributed by atoms with Crippen LogP contribution in [0.3, 0.4) is 0 Å². The molecule has 4 nitrogen and oxygen atoms in total. The van der Waals surface area contributed by atoms with Gasteiger partial charge in [0.05, 0.1) is 0 Å². The summed E-state index contributed by atoms with van der Waals surface area (Å²) in [5.41, 5.74) is 8.99. The molecule has 0 saturated heterocycles. The normalized spacial score (nSPS) is 11.6. The van der Waals surface area contributed by atoms with Gasteiger partial charge in [-0.05, 0) is 133 Å². The molecule has 0 aliphatic heterocycles. The maximum absolute atomic E-state index is 12.7. The summed E-state index contributed by atoms with van der Waals surface area (Å²) in [7, 11) is 0. The van der Waals surface area contributed by atoms with Crippen LogP contribution in [-0.4, -0.2) is 25.6 Å². The van der Waals surface area contributed by atoms with E-state index in [1.165, 1.54) is 24.3 Å². The van der Waals surface area contributed by atoms with Gasteiger partial charge in [-0.3, -0.25) is 0 Å². The van der Waals surface area contributed by atoms with Gasteiger partial charge in [0, 0.05) is 34.1 Å². The Bertz CT molecular complexity index is 1930. The minimum Gasteiger partial charge on any atom is -0.484 e. The lowest BCUT2D eigenvalue weighted by molar-refractivity contribution is -0.154. The summed E-state index contributed by atoms with van der Waals surface area (Å²) in [6.07, 6.45) is -8.86. The van der Waals surface area contributed by atoms with Crippen LogP contribution < -0.4 is 19.3 Å². The van der Waals surface area contributed by atoms with E-state index in [-0.39, 0.29) is 11.5 Å². The number of hydrogen-bond donors (Lipinski definition) is 0. The molecule has 0 spiro atoms. The number of hydrogen-bond acceptors (Lipinski definition) is 4. The average molecular weight is 713 g/mol. The van der Waals surface area contributed by atoms with Crippen molar-refractivity contribution < 1.29 is 35.8 Å². The molecule has 0 amide bonds.